The van der Waals surface area contributed by atoms with Crippen LogP contribution in [0.5, 0.6) is 0 Å². The molecule has 0 bridgehead atoms. The van der Waals surface area contributed by atoms with E-state index in [0.717, 1.165) is 36.3 Å². The lowest BCUT2D eigenvalue weighted by Gasteiger charge is -2.19. The fraction of sp³-hybridized carbons (Fsp3) is 0.520. The standard InChI is InChI=1S/C25H39N7O2/c1-16(2)29-24-22(13-27)21(25(33)28-14-20-10-17(3)34-31-20)12-23(30-24)19-7-5-6-18(11-19)15-32(4)9-8-26/h5-7,11-12,16-17,20,31H,8-10,13-15,26-27H2,1-4H3,(H,28,33)(H,29,30). The number of hydroxylamine groups is 1. The van der Waals surface area contributed by atoms with Gasteiger partial charge < -0.3 is 27.0 Å². The highest BCUT2D eigenvalue weighted by molar-refractivity contribution is 5.98. The summed E-state index contributed by atoms with van der Waals surface area (Å²) in [6.07, 6.45) is 0.976. The number of aromatic nitrogens is 1. The maximum absolute atomic E-state index is 13.3. The number of hydrogen-bond donors (Lipinski definition) is 5. The summed E-state index contributed by atoms with van der Waals surface area (Å²) < 4.78 is 0. The Morgan fingerprint density at radius 1 is 1.32 bits per heavy atom. The number of benzene rings is 1. The zero-order valence-corrected chi connectivity index (χ0v) is 20.7. The van der Waals surface area contributed by atoms with E-state index in [2.05, 4.69) is 33.1 Å². The van der Waals surface area contributed by atoms with E-state index in [-0.39, 0.29) is 30.6 Å². The molecule has 34 heavy (non-hydrogen) atoms. The molecule has 1 aliphatic heterocycles. The first kappa shape index (κ1) is 26.1. The Bertz CT molecular complexity index is 966. The van der Waals surface area contributed by atoms with E-state index in [4.69, 9.17) is 21.3 Å². The molecule has 0 spiro atoms. The van der Waals surface area contributed by atoms with Gasteiger partial charge in [0.15, 0.2) is 0 Å². The Morgan fingerprint density at radius 2 is 2.12 bits per heavy atom. The number of nitrogens with zero attached hydrogens (tertiary/aromatic N) is 2. The second-order valence-corrected chi connectivity index (χ2v) is 9.30. The van der Waals surface area contributed by atoms with Crippen LogP contribution in [0.1, 0.15) is 48.7 Å². The van der Waals surface area contributed by atoms with Gasteiger partial charge in [-0.2, -0.15) is 5.48 Å². The fourth-order valence-electron chi connectivity index (χ4n) is 4.11. The molecule has 0 saturated carbocycles. The number of carbonyl (C=O) groups excluding carboxylic acids is 1. The van der Waals surface area contributed by atoms with E-state index in [1.54, 1.807) is 0 Å². The van der Waals surface area contributed by atoms with Gasteiger partial charge in [0.1, 0.15) is 5.82 Å². The number of anilines is 1. The minimum Gasteiger partial charge on any atom is -0.368 e. The molecule has 9 nitrogen and oxygen atoms in total. The quantitative estimate of drug-likeness (QED) is 0.337. The number of amides is 1. The number of nitrogens with one attached hydrogen (secondary N) is 3. The van der Waals surface area contributed by atoms with Crippen LogP contribution in [-0.2, 0) is 17.9 Å². The molecule has 1 aromatic carbocycles. The first-order valence-electron chi connectivity index (χ1n) is 12.0. The van der Waals surface area contributed by atoms with Crippen LogP contribution in [0.2, 0.25) is 0 Å². The van der Waals surface area contributed by atoms with Crippen molar-refractivity contribution in [1.82, 2.24) is 20.7 Å². The van der Waals surface area contributed by atoms with Crippen LogP contribution >= 0.6 is 0 Å². The van der Waals surface area contributed by atoms with Gasteiger partial charge in [-0.05, 0) is 51.9 Å². The average molecular weight is 470 g/mol. The van der Waals surface area contributed by atoms with Gasteiger partial charge in [-0.1, -0.05) is 18.2 Å². The molecule has 2 atom stereocenters. The summed E-state index contributed by atoms with van der Waals surface area (Å²) in [6.45, 7) is 8.97. The number of nitrogens with two attached hydrogens (primary N) is 2. The monoisotopic (exact) mass is 469 g/mol. The lowest BCUT2D eigenvalue weighted by atomic mass is 10.0. The van der Waals surface area contributed by atoms with Crippen molar-refractivity contribution in [2.75, 3.05) is 32.0 Å². The van der Waals surface area contributed by atoms with Crippen LogP contribution in [0.4, 0.5) is 5.82 Å². The maximum atomic E-state index is 13.3. The van der Waals surface area contributed by atoms with E-state index < -0.39 is 0 Å². The maximum Gasteiger partial charge on any atom is 0.251 e. The second-order valence-electron chi connectivity index (χ2n) is 9.30. The van der Waals surface area contributed by atoms with Gasteiger partial charge in [0.05, 0.1) is 17.8 Å². The minimum absolute atomic E-state index is 0.0806. The molecule has 1 saturated heterocycles. The fourth-order valence-corrected chi connectivity index (χ4v) is 4.11. The lowest BCUT2D eigenvalue weighted by Crippen LogP contribution is -2.37. The van der Waals surface area contributed by atoms with Crippen LogP contribution < -0.4 is 27.6 Å². The van der Waals surface area contributed by atoms with Gasteiger partial charge in [-0.15, -0.1) is 0 Å². The van der Waals surface area contributed by atoms with E-state index in [1.807, 2.05) is 46.0 Å². The van der Waals surface area contributed by atoms with Gasteiger partial charge >= 0.3 is 0 Å². The van der Waals surface area contributed by atoms with E-state index in [9.17, 15) is 4.79 Å². The van der Waals surface area contributed by atoms with Gasteiger partial charge in [0, 0.05) is 55.5 Å². The SMILES string of the molecule is CC(C)Nc1nc(-c2cccc(CN(C)CCN)c2)cc(C(=O)NCC2CC(C)ON2)c1CN. The smallest absolute Gasteiger partial charge is 0.251 e. The van der Waals surface area contributed by atoms with Crippen molar-refractivity contribution in [3.05, 3.63) is 47.0 Å². The zero-order valence-electron chi connectivity index (χ0n) is 20.7. The molecule has 0 aliphatic carbocycles. The molecule has 2 unspecified atom stereocenters. The number of likely N-dealkylation sites (N-methyl/N-ethyl adjacent to an activating group) is 1. The Morgan fingerprint density at radius 3 is 2.76 bits per heavy atom. The molecule has 186 valence electrons. The molecular weight excluding hydrogens is 430 g/mol. The van der Waals surface area contributed by atoms with Crippen molar-refractivity contribution in [2.45, 2.75) is 58.5 Å². The van der Waals surface area contributed by atoms with Crippen molar-refractivity contribution in [3.63, 3.8) is 0 Å². The first-order valence-corrected chi connectivity index (χ1v) is 12.0. The third-order valence-electron chi connectivity index (χ3n) is 5.75. The third kappa shape index (κ3) is 6.97. The number of rotatable bonds is 11. The number of pyridine rings is 1. The molecule has 7 N–H and O–H groups in total. The summed E-state index contributed by atoms with van der Waals surface area (Å²) >= 11 is 0. The van der Waals surface area contributed by atoms with Crippen molar-refractivity contribution in [3.8, 4) is 11.3 Å². The molecule has 0 radical (unpaired) electrons. The molecule has 2 aromatic rings. The van der Waals surface area contributed by atoms with E-state index in [1.165, 1.54) is 0 Å². The molecule has 1 amide bonds. The Hall–Kier alpha value is -2.56. The molecule has 1 aromatic heterocycles. The van der Waals surface area contributed by atoms with E-state index >= 15 is 0 Å². The normalized spacial score (nSPS) is 18.0. The minimum atomic E-state index is -0.170. The molecule has 9 heteroatoms. The van der Waals surface area contributed by atoms with Gasteiger partial charge in [-0.3, -0.25) is 9.63 Å². The highest BCUT2D eigenvalue weighted by atomic mass is 16.7. The Kier molecular flexibility index (Phi) is 9.37. The van der Waals surface area contributed by atoms with Crippen molar-refractivity contribution < 1.29 is 9.63 Å². The predicted molar refractivity (Wildman–Crippen MR) is 136 cm³/mol. The summed E-state index contributed by atoms with van der Waals surface area (Å²) in [5.74, 6) is 0.470. The predicted octanol–water partition coefficient (Wildman–Crippen LogP) is 1.83. The van der Waals surface area contributed by atoms with Crippen LogP contribution in [0.25, 0.3) is 11.3 Å². The molecule has 1 fully saturated rings. The van der Waals surface area contributed by atoms with Crippen LogP contribution in [-0.4, -0.2) is 60.7 Å². The summed E-state index contributed by atoms with van der Waals surface area (Å²) in [5.41, 5.74) is 18.8. The third-order valence-corrected chi connectivity index (χ3v) is 5.75. The van der Waals surface area contributed by atoms with Gasteiger partial charge in [-0.25, -0.2) is 4.98 Å². The Balaban J connectivity index is 1.92. The topological polar surface area (TPSA) is 131 Å². The highest BCUT2D eigenvalue weighted by Gasteiger charge is 2.24. The van der Waals surface area contributed by atoms with Crippen molar-refractivity contribution in [2.24, 2.45) is 11.5 Å². The molecular formula is C25H39N7O2. The van der Waals surface area contributed by atoms with Gasteiger partial charge in [0.2, 0.25) is 0 Å². The summed E-state index contributed by atoms with van der Waals surface area (Å²) in [5, 5.41) is 6.41. The number of hydrogen-bond acceptors (Lipinski definition) is 8. The summed E-state index contributed by atoms with van der Waals surface area (Å²) in [7, 11) is 2.05. The van der Waals surface area contributed by atoms with Crippen molar-refractivity contribution in [1.29, 1.82) is 0 Å². The van der Waals surface area contributed by atoms with Gasteiger partial charge in [0.25, 0.3) is 5.91 Å². The first-order chi connectivity index (χ1) is 16.3. The number of carbonyl (C=O) groups is 1. The largest absolute Gasteiger partial charge is 0.368 e. The summed E-state index contributed by atoms with van der Waals surface area (Å²) in [4.78, 5) is 25.7. The highest BCUT2D eigenvalue weighted by Crippen LogP contribution is 2.27. The average Bonchev–Trinajstić information content (AvgIpc) is 3.22. The van der Waals surface area contributed by atoms with Crippen molar-refractivity contribution >= 4 is 11.7 Å². The molecule has 2 heterocycles. The molecule has 1 aliphatic rings. The zero-order chi connectivity index (χ0) is 24.7. The molecule has 3 rings (SSSR count). The summed E-state index contributed by atoms with van der Waals surface area (Å²) in [6, 6.07) is 10.3. The van der Waals surface area contributed by atoms with E-state index in [0.29, 0.717) is 30.0 Å². The second kappa shape index (κ2) is 12.2. The lowest BCUT2D eigenvalue weighted by molar-refractivity contribution is 0.0365. The van der Waals surface area contributed by atoms with Crippen LogP contribution in [0.15, 0.2) is 30.3 Å². The van der Waals surface area contributed by atoms with Crippen LogP contribution in [0, 0.1) is 0 Å². The van der Waals surface area contributed by atoms with Crippen LogP contribution in [0.3, 0.4) is 0 Å². The Labute approximate surface area is 202 Å².